The minimum atomic E-state index is -0.466. The molecule has 3 rings (SSSR count). The fourth-order valence-electron chi connectivity index (χ4n) is 3.18. The number of aryl methyl sites for hydroxylation is 1. The largest absolute Gasteiger partial charge is 0.465 e. The molecule has 27 heavy (non-hydrogen) atoms. The van der Waals surface area contributed by atoms with E-state index in [0.717, 1.165) is 19.5 Å². The number of rotatable bonds is 4. The van der Waals surface area contributed by atoms with Crippen molar-refractivity contribution in [3.8, 4) is 0 Å². The third-order valence-corrected chi connectivity index (χ3v) is 4.85. The van der Waals surface area contributed by atoms with Crippen LogP contribution in [0.3, 0.4) is 0 Å². The molecule has 0 unspecified atom stereocenters. The van der Waals surface area contributed by atoms with Crippen molar-refractivity contribution in [1.82, 2.24) is 4.90 Å². The number of ether oxygens (including phenoxy) is 1. The molecule has 1 fully saturated rings. The molecule has 1 aliphatic rings. The third kappa shape index (κ3) is 4.39. The van der Waals surface area contributed by atoms with Crippen molar-refractivity contribution in [1.29, 1.82) is 0 Å². The van der Waals surface area contributed by atoms with Gasteiger partial charge in [-0.1, -0.05) is 31.2 Å². The van der Waals surface area contributed by atoms with Crippen LogP contribution in [0.25, 0.3) is 0 Å². The number of carbonyl (C=O) groups excluding carboxylic acids is 2. The van der Waals surface area contributed by atoms with E-state index in [-0.39, 0.29) is 6.03 Å². The van der Waals surface area contributed by atoms with E-state index in [4.69, 9.17) is 4.74 Å². The Morgan fingerprint density at radius 3 is 2.30 bits per heavy atom. The van der Waals surface area contributed by atoms with E-state index < -0.39 is 5.97 Å². The number of nitrogens with one attached hydrogen (secondary N) is 1. The van der Waals surface area contributed by atoms with Gasteiger partial charge >= 0.3 is 12.0 Å². The lowest BCUT2D eigenvalue weighted by atomic mass is 10.1. The Hall–Kier alpha value is -3.02. The molecular formula is C21H25N3O3. The Bertz CT molecular complexity index is 797. The van der Waals surface area contributed by atoms with E-state index in [1.807, 2.05) is 0 Å². The molecule has 0 spiro atoms. The molecule has 1 aliphatic heterocycles. The first-order chi connectivity index (χ1) is 13.1. The van der Waals surface area contributed by atoms with Crippen LogP contribution < -0.4 is 10.2 Å². The van der Waals surface area contributed by atoms with Gasteiger partial charge in [0.15, 0.2) is 0 Å². The molecule has 0 aromatic heterocycles. The van der Waals surface area contributed by atoms with Crippen molar-refractivity contribution >= 4 is 23.4 Å². The average molecular weight is 367 g/mol. The second-order valence-electron chi connectivity index (χ2n) is 6.46. The maximum atomic E-state index is 12.6. The van der Waals surface area contributed by atoms with Crippen LogP contribution in [-0.2, 0) is 11.2 Å². The van der Waals surface area contributed by atoms with Gasteiger partial charge in [-0.15, -0.1) is 0 Å². The highest BCUT2D eigenvalue weighted by molar-refractivity contribution is 6.00. The van der Waals surface area contributed by atoms with Gasteiger partial charge in [-0.2, -0.15) is 0 Å². The zero-order valence-corrected chi connectivity index (χ0v) is 15.8. The number of benzene rings is 2. The van der Waals surface area contributed by atoms with E-state index in [0.29, 0.717) is 24.3 Å². The molecule has 1 heterocycles. The Morgan fingerprint density at radius 2 is 1.67 bits per heavy atom. The molecule has 142 valence electrons. The number of piperazine rings is 1. The van der Waals surface area contributed by atoms with Gasteiger partial charge in [0.05, 0.1) is 18.4 Å². The van der Waals surface area contributed by atoms with Crippen LogP contribution in [0, 0.1) is 0 Å². The molecule has 6 heteroatoms. The highest BCUT2D eigenvalue weighted by Gasteiger charge is 2.22. The summed E-state index contributed by atoms with van der Waals surface area (Å²) in [6.07, 6.45) is 1.03. The summed E-state index contributed by atoms with van der Waals surface area (Å²) in [6.45, 7) is 4.95. The van der Waals surface area contributed by atoms with E-state index in [2.05, 4.69) is 41.4 Å². The first-order valence-electron chi connectivity index (χ1n) is 9.19. The molecule has 6 nitrogen and oxygen atoms in total. The Balaban J connectivity index is 1.59. The van der Waals surface area contributed by atoms with Crippen molar-refractivity contribution in [2.45, 2.75) is 13.3 Å². The second-order valence-corrected chi connectivity index (χ2v) is 6.46. The van der Waals surface area contributed by atoms with Crippen LogP contribution in [0.2, 0.25) is 0 Å². The Morgan fingerprint density at radius 1 is 1.00 bits per heavy atom. The van der Waals surface area contributed by atoms with Gasteiger partial charge in [-0.3, -0.25) is 0 Å². The molecule has 1 saturated heterocycles. The lowest BCUT2D eigenvalue weighted by Gasteiger charge is -2.36. The monoisotopic (exact) mass is 367 g/mol. The zero-order valence-electron chi connectivity index (χ0n) is 15.8. The Labute approximate surface area is 159 Å². The topological polar surface area (TPSA) is 61.9 Å². The maximum Gasteiger partial charge on any atom is 0.339 e. The number of amides is 2. The number of carbonyl (C=O) groups is 2. The number of esters is 1. The summed E-state index contributed by atoms with van der Waals surface area (Å²) in [7, 11) is 1.33. The SMILES string of the molecule is CCc1ccc(N2CCN(C(=O)Nc3ccccc3C(=O)OC)CC2)cc1. The van der Waals surface area contributed by atoms with Crippen LogP contribution in [0.1, 0.15) is 22.8 Å². The summed E-state index contributed by atoms with van der Waals surface area (Å²) < 4.78 is 4.77. The minimum absolute atomic E-state index is 0.202. The third-order valence-electron chi connectivity index (χ3n) is 4.85. The molecular weight excluding hydrogens is 342 g/mol. The molecule has 2 amide bonds. The van der Waals surface area contributed by atoms with Crippen molar-refractivity contribution in [2.75, 3.05) is 43.5 Å². The van der Waals surface area contributed by atoms with Gasteiger partial charge in [0.2, 0.25) is 0 Å². The van der Waals surface area contributed by atoms with Crippen molar-refractivity contribution in [3.63, 3.8) is 0 Å². The minimum Gasteiger partial charge on any atom is -0.465 e. The van der Waals surface area contributed by atoms with Crippen molar-refractivity contribution in [2.24, 2.45) is 0 Å². The fraction of sp³-hybridized carbons (Fsp3) is 0.333. The first-order valence-corrected chi connectivity index (χ1v) is 9.19. The summed E-state index contributed by atoms with van der Waals surface area (Å²) in [5, 5.41) is 2.83. The van der Waals surface area contributed by atoms with Gasteiger partial charge < -0.3 is 19.9 Å². The number of urea groups is 1. The van der Waals surface area contributed by atoms with Crippen LogP contribution >= 0.6 is 0 Å². The average Bonchev–Trinajstić information content (AvgIpc) is 2.73. The summed E-state index contributed by atoms with van der Waals surface area (Å²) in [5.74, 6) is -0.466. The second kappa shape index (κ2) is 8.58. The van der Waals surface area contributed by atoms with Crippen LogP contribution in [0.15, 0.2) is 48.5 Å². The normalized spacial score (nSPS) is 14.0. The molecule has 0 radical (unpaired) electrons. The standard InChI is InChI=1S/C21H25N3O3/c1-3-16-8-10-17(11-9-16)23-12-14-24(15-13-23)21(26)22-19-7-5-4-6-18(19)20(25)27-2/h4-11H,3,12-15H2,1-2H3,(H,22,26). The predicted molar refractivity (Wildman–Crippen MR) is 106 cm³/mol. The summed E-state index contributed by atoms with van der Waals surface area (Å²) in [6, 6.07) is 15.2. The van der Waals surface area contributed by atoms with E-state index >= 15 is 0 Å². The molecule has 0 saturated carbocycles. The highest BCUT2D eigenvalue weighted by atomic mass is 16.5. The van der Waals surface area contributed by atoms with Gasteiger partial charge in [-0.25, -0.2) is 9.59 Å². The maximum absolute atomic E-state index is 12.6. The number of nitrogens with zero attached hydrogens (tertiary/aromatic N) is 2. The number of hydrogen-bond donors (Lipinski definition) is 1. The quantitative estimate of drug-likeness (QED) is 0.842. The molecule has 2 aromatic carbocycles. The first kappa shape index (κ1) is 18.8. The number of anilines is 2. The molecule has 0 atom stereocenters. The van der Waals surface area contributed by atoms with Gasteiger partial charge in [0.1, 0.15) is 0 Å². The lowest BCUT2D eigenvalue weighted by Crippen LogP contribution is -2.50. The fourth-order valence-corrected chi connectivity index (χ4v) is 3.18. The Kier molecular flexibility index (Phi) is 5.96. The smallest absolute Gasteiger partial charge is 0.339 e. The van der Waals surface area contributed by atoms with Gasteiger partial charge in [0.25, 0.3) is 0 Å². The van der Waals surface area contributed by atoms with Crippen LogP contribution in [0.4, 0.5) is 16.2 Å². The highest BCUT2D eigenvalue weighted by Crippen LogP contribution is 2.20. The van der Waals surface area contributed by atoms with Gasteiger partial charge in [0, 0.05) is 31.9 Å². The molecule has 1 N–H and O–H groups in total. The number of para-hydroxylation sites is 1. The lowest BCUT2D eigenvalue weighted by molar-refractivity contribution is 0.0602. The summed E-state index contributed by atoms with van der Waals surface area (Å²) in [5.41, 5.74) is 3.32. The van der Waals surface area contributed by atoms with Gasteiger partial charge in [-0.05, 0) is 36.2 Å². The number of hydrogen-bond acceptors (Lipinski definition) is 4. The molecule has 0 bridgehead atoms. The van der Waals surface area contributed by atoms with Crippen molar-refractivity contribution < 1.29 is 14.3 Å². The zero-order chi connectivity index (χ0) is 19.2. The van der Waals surface area contributed by atoms with E-state index in [1.54, 1.807) is 29.2 Å². The molecule has 0 aliphatic carbocycles. The predicted octanol–water partition coefficient (Wildman–Crippen LogP) is 3.39. The van der Waals surface area contributed by atoms with Crippen molar-refractivity contribution in [3.05, 3.63) is 59.7 Å². The van der Waals surface area contributed by atoms with E-state index in [1.165, 1.54) is 18.4 Å². The van der Waals surface area contributed by atoms with Crippen LogP contribution in [-0.4, -0.2) is 50.2 Å². The summed E-state index contributed by atoms with van der Waals surface area (Å²) in [4.78, 5) is 28.5. The number of methoxy groups -OCH3 is 1. The summed E-state index contributed by atoms with van der Waals surface area (Å²) >= 11 is 0. The molecule has 2 aromatic rings. The van der Waals surface area contributed by atoms with E-state index in [9.17, 15) is 9.59 Å². The van der Waals surface area contributed by atoms with Crippen LogP contribution in [0.5, 0.6) is 0 Å².